The lowest BCUT2D eigenvalue weighted by Gasteiger charge is -2.28. The van der Waals surface area contributed by atoms with Crippen LogP contribution in [0.2, 0.25) is 0 Å². The topological polar surface area (TPSA) is 71.1 Å². The number of sulfonamides is 1. The molecular weight excluding hydrogens is 294 g/mol. The van der Waals surface area contributed by atoms with Gasteiger partial charge in [0.25, 0.3) is 0 Å². The van der Waals surface area contributed by atoms with Crippen LogP contribution in [0, 0.1) is 0 Å². The van der Waals surface area contributed by atoms with Crippen LogP contribution in [-0.4, -0.2) is 38.0 Å². The van der Waals surface area contributed by atoms with Gasteiger partial charge in [-0.25, -0.2) is 18.1 Å². The first-order valence-electron chi connectivity index (χ1n) is 6.74. The molecule has 0 radical (unpaired) electrons. The fraction of sp³-hybridized carbons (Fsp3) is 0.615. The Hall–Kier alpha value is -0.790. The van der Waals surface area contributed by atoms with Crippen LogP contribution in [0.1, 0.15) is 25.7 Å². The first-order chi connectivity index (χ1) is 9.56. The van der Waals surface area contributed by atoms with E-state index in [9.17, 15) is 8.42 Å². The summed E-state index contributed by atoms with van der Waals surface area (Å²) in [6, 6.07) is 3.24. The number of anilines is 1. The van der Waals surface area contributed by atoms with Crippen LogP contribution in [-0.2, 0) is 10.0 Å². The van der Waals surface area contributed by atoms with Crippen LogP contribution < -0.4 is 10.0 Å². The zero-order valence-electron chi connectivity index (χ0n) is 11.8. The van der Waals surface area contributed by atoms with Crippen LogP contribution in [0.15, 0.2) is 23.2 Å². The second-order valence-corrected chi connectivity index (χ2v) is 7.76. The highest BCUT2D eigenvalue weighted by Crippen LogP contribution is 2.28. The van der Waals surface area contributed by atoms with Crippen molar-refractivity contribution in [2.75, 3.05) is 18.6 Å². The highest BCUT2D eigenvalue weighted by atomic mass is 32.2. The third-order valence-corrected chi connectivity index (χ3v) is 6.23. The maximum atomic E-state index is 12.5. The van der Waals surface area contributed by atoms with E-state index in [1.165, 1.54) is 6.42 Å². The number of hydrogen-bond acceptors (Lipinski definition) is 5. The number of nitrogens with one attached hydrogen (secondary N) is 2. The highest BCUT2D eigenvalue weighted by molar-refractivity contribution is 7.99. The molecule has 20 heavy (non-hydrogen) atoms. The molecule has 5 nitrogen and oxygen atoms in total. The molecule has 1 aliphatic carbocycles. The molecule has 2 N–H and O–H groups in total. The molecular formula is C13H21N3O2S2. The molecule has 1 saturated carbocycles. The molecule has 0 saturated heterocycles. The van der Waals surface area contributed by atoms with Gasteiger partial charge in [0.1, 0.15) is 10.7 Å². The Morgan fingerprint density at radius 3 is 2.90 bits per heavy atom. The van der Waals surface area contributed by atoms with E-state index in [0.29, 0.717) is 11.1 Å². The molecule has 1 heterocycles. The molecule has 2 atom stereocenters. The lowest BCUT2D eigenvalue weighted by atomic mass is 9.96. The first kappa shape index (κ1) is 15.6. The fourth-order valence-electron chi connectivity index (χ4n) is 2.54. The minimum Gasteiger partial charge on any atom is -0.372 e. The van der Waals surface area contributed by atoms with Crippen LogP contribution in [0.4, 0.5) is 5.82 Å². The van der Waals surface area contributed by atoms with E-state index < -0.39 is 10.0 Å². The summed E-state index contributed by atoms with van der Waals surface area (Å²) in [5, 5.41) is 3.37. The van der Waals surface area contributed by atoms with Crippen molar-refractivity contribution < 1.29 is 8.42 Å². The lowest BCUT2D eigenvalue weighted by molar-refractivity contribution is 0.421. The minimum absolute atomic E-state index is 0.0242. The van der Waals surface area contributed by atoms with Crippen LogP contribution in [0.3, 0.4) is 0 Å². The van der Waals surface area contributed by atoms with Gasteiger partial charge in [-0.1, -0.05) is 6.42 Å². The van der Waals surface area contributed by atoms with Crippen molar-refractivity contribution in [1.82, 2.24) is 9.71 Å². The number of nitrogens with zero attached hydrogens (tertiary/aromatic N) is 1. The predicted octanol–water partition coefficient (Wildman–Crippen LogP) is 2.08. The molecule has 2 unspecified atom stereocenters. The van der Waals surface area contributed by atoms with E-state index in [0.717, 1.165) is 19.3 Å². The monoisotopic (exact) mass is 315 g/mol. The van der Waals surface area contributed by atoms with Crippen molar-refractivity contribution in [1.29, 1.82) is 0 Å². The Bertz CT molecular complexity index is 548. The molecule has 1 fully saturated rings. The van der Waals surface area contributed by atoms with E-state index in [2.05, 4.69) is 21.3 Å². The standard InChI is InChI=1S/C13H21N3O2S2/c1-14-13-12(7-4-8-15-13)20(17,18)16-10-5-3-6-11(9-10)19-2/h4,7-8,10-11,16H,3,5-6,9H2,1-2H3,(H,14,15). The lowest BCUT2D eigenvalue weighted by Crippen LogP contribution is -2.39. The summed E-state index contributed by atoms with van der Waals surface area (Å²) in [7, 11) is -1.85. The molecule has 0 aliphatic heterocycles. The van der Waals surface area contributed by atoms with Crippen molar-refractivity contribution >= 4 is 27.6 Å². The van der Waals surface area contributed by atoms with Gasteiger partial charge in [0.05, 0.1) is 0 Å². The summed E-state index contributed by atoms with van der Waals surface area (Å²) < 4.78 is 27.8. The van der Waals surface area contributed by atoms with Crippen molar-refractivity contribution in [2.24, 2.45) is 0 Å². The molecule has 0 amide bonds. The number of hydrogen-bond donors (Lipinski definition) is 2. The highest BCUT2D eigenvalue weighted by Gasteiger charge is 2.27. The number of pyridine rings is 1. The molecule has 112 valence electrons. The van der Waals surface area contributed by atoms with E-state index in [-0.39, 0.29) is 10.9 Å². The predicted molar refractivity (Wildman–Crippen MR) is 83.7 cm³/mol. The van der Waals surface area contributed by atoms with Gasteiger partial charge in [-0.15, -0.1) is 0 Å². The summed E-state index contributed by atoms with van der Waals surface area (Å²) in [6.45, 7) is 0. The minimum atomic E-state index is -3.52. The summed E-state index contributed by atoms with van der Waals surface area (Å²) in [5.74, 6) is 0.386. The molecule has 2 rings (SSSR count). The van der Waals surface area contributed by atoms with Crippen molar-refractivity contribution in [3.8, 4) is 0 Å². The Labute approximate surface area is 125 Å². The molecule has 1 aromatic rings. The van der Waals surface area contributed by atoms with E-state index >= 15 is 0 Å². The average Bonchev–Trinajstić information content (AvgIpc) is 2.47. The number of rotatable bonds is 5. The van der Waals surface area contributed by atoms with Gasteiger partial charge in [0.2, 0.25) is 10.0 Å². The van der Waals surface area contributed by atoms with Gasteiger partial charge in [-0.2, -0.15) is 11.8 Å². The SMILES string of the molecule is CNc1ncccc1S(=O)(=O)NC1CCCC(SC)C1. The second-order valence-electron chi connectivity index (χ2n) is 4.94. The normalized spacial score (nSPS) is 23.5. The quantitative estimate of drug-likeness (QED) is 0.870. The smallest absolute Gasteiger partial charge is 0.244 e. The summed E-state index contributed by atoms with van der Waals surface area (Å²) in [4.78, 5) is 4.27. The van der Waals surface area contributed by atoms with Gasteiger partial charge < -0.3 is 5.32 Å². The Morgan fingerprint density at radius 1 is 1.40 bits per heavy atom. The molecule has 7 heteroatoms. The van der Waals surface area contributed by atoms with Gasteiger partial charge >= 0.3 is 0 Å². The summed E-state index contributed by atoms with van der Waals surface area (Å²) in [5.41, 5.74) is 0. The van der Waals surface area contributed by atoms with Crippen molar-refractivity contribution in [2.45, 2.75) is 41.9 Å². The van der Waals surface area contributed by atoms with Gasteiger partial charge in [-0.3, -0.25) is 0 Å². The molecule has 0 aromatic carbocycles. The third-order valence-electron chi connectivity index (χ3n) is 3.58. The second kappa shape index (κ2) is 6.78. The number of thioether (sulfide) groups is 1. The van der Waals surface area contributed by atoms with E-state index in [1.54, 1.807) is 25.4 Å². The average molecular weight is 315 g/mol. The maximum absolute atomic E-state index is 12.5. The van der Waals surface area contributed by atoms with E-state index in [1.807, 2.05) is 11.8 Å². The van der Waals surface area contributed by atoms with Gasteiger partial charge in [-0.05, 0) is 37.7 Å². The summed E-state index contributed by atoms with van der Waals surface area (Å²) in [6.07, 6.45) is 7.72. The fourth-order valence-corrected chi connectivity index (χ4v) is 4.82. The van der Waals surface area contributed by atoms with Crippen molar-refractivity contribution in [3.05, 3.63) is 18.3 Å². The summed E-state index contributed by atoms with van der Waals surface area (Å²) >= 11 is 1.82. The Balaban J connectivity index is 2.14. The Morgan fingerprint density at radius 2 is 2.20 bits per heavy atom. The van der Waals surface area contributed by atoms with Crippen LogP contribution in [0.5, 0.6) is 0 Å². The van der Waals surface area contributed by atoms with Gasteiger partial charge in [0, 0.05) is 24.5 Å². The van der Waals surface area contributed by atoms with Gasteiger partial charge in [0.15, 0.2) is 0 Å². The van der Waals surface area contributed by atoms with E-state index in [4.69, 9.17) is 0 Å². The van der Waals surface area contributed by atoms with Crippen molar-refractivity contribution in [3.63, 3.8) is 0 Å². The Kier molecular flexibility index (Phi) is 5.29. The number of aromatic nitrogens is 1. The zero-order valence-corrected chi connectivity index (χ0v) is 13.4. The molecule has 0 spiro atoms. The molecule has 0 bridgehead atoms. The zero-order chi connectivity index (χ0) is 14.6. The largest absolute Gasteiger partial charge is 0.372 e. The molecule has 1 aliphatic rings. The van der Waals surface area contributed by atoms with Crippen LogP contribution >= 0.6 is 11.8 Å². The maximum Gasteiger partial charge on any atom is 0.244 e. The third kappa shape index (κ3) is 3.65. The van der Waals surface area contributed by atoms with Crippen LogP contribution in [0.25, 0.3) is 0 Å². The first-order valence-corrected chi connectivity index (χ1v) is 9.52. The molecule has 1 aromatic heterocycles.